The minimum absolute atomic E-state index is 0.00574. The van der Waals surface area contributed by atoms with Crippen molar-refractivity contribution in [2.24, 2.45) is 4.99 Å². The van der Waals surface area contributed by atoms with E-state index in [1.807, 2.05) is 0 Å². The molecule has 116 valence electrons. The number of benzene rings is 1. The van der Waals surface area contributed by atoms with Gasteiger partial charge in [-0.15, -0.1) is 0 Å². The minimum Gasteiger partial charge on any atom is -0.459 e. The van der Waals surface area contributed by atoms with Gasteiger partial charge in [0, 0.05) is 19.2 Å². The van der Waals surface area contributed by atoms with E-state index < -0.39 is 5.60 Å². The van der Waals surface area contributed by atoms with Crippen LogP contribution in [0, 0.1) is 5.82 Å². The highest BCUT2D eigenvalue weighted by Gasteiger charge is 2.16. The number of aliphatic imine (C=N–C) groups is 1. The summed E-state index contributed by atoms with van der Waals surface area (Å²) >= 11 is 0. The van der Waals surface area contributed by atoms with E-state index in [-0.39, 0.29) is 24.9 Å². The van der Waals surface area contributed by atoms with Gasteiger partial charge in [0.15, 0.2) is 5.96 Å². The highest BCUT2D eigenvalue weighted by atomic mass is 19.1. The molecule has 0 unspecified atom stereocenters. The van der Waals surface area contributed by atoms with Crippen LogP contribution in [0.15, 0.2) is 29.3 Å². The lowest BCUT2D eigenvalue weighted by molar-refractivity contribution is -0.153. The van der Waals surface area contributed by atoms with Crippen LogP contribution in [-0.2, 0) is 16.1 Å². The van der Waals surface area contributed by atoms with E-state index in [2.05, 4.69) is 15.6 Å². The van der Waals surface area contributed by atoms with Crippen LogP contribution in [0.2, 0.25) is 0 Å². The van der Waals surface area contributed by atoms with Crippen molar-refractivity contribution in [3.8, 4) is 0 Å². The SMILES string of the molecule is CN=C(NCC(=O)OC(C)(C)C)NCc1ccccc1F. The van der Waals surface area contributed by atoms with Gasteiger partial charge in [-0.25, -0.2) is 4.39 Å². The Balaban J connectivity index is 2.43. The molecule has 0 aliphatic carbocycles. The number of guanidine groups is 1. The van der Waals surface area contributed by atoms with E-state index in [9.17, 15) is 9.18 Å². The monoisotopic (exact) mass is 295 g/mol. The van der Waals surface area contributed by atoms with E-state index in [1.54, 1.807) is 46.0 Å². The minimum atomic E-state index is -0.525. The molecule has 0 aliphatic rings. The lowest BCUT2D eigenvalue weighted by Crippen LogP contribution is -2.41. The van der Waals surface area contributed by atoms with Crippen LogP contribution in [0.4, 0.5) is 4.39 Å². The second-order valence-electron chi connectivity index (χ2n) is 5.46. The summed E-state index contributed by atoms with van der Waals surface area (Å²) in [7, 11) is 1.58. The number of nitrogens with one attached hydrogen (secondary N) is 2. The van der Waals surface area contributed by atoms with Crippen LogP contribution in [-0.4, -0.2) is 31.1 Å². The standard InChI is InChI=1S/C15H22FN3O2/c1-15(2,3)21-13(20)10-19-14(17-4)18-9-11-7-5-6-8-12(11)16/h5-8H,9-10H2,1-4H3,(H2,17,18,19). The van der Waals surface area contributed by atoms with Gasteiger partial charge in [0.05, 0.1) is 0 Å². The summed E-state index contributed by atoms with van der Waals surface area (Å²) in [6, 6.07) is 6.47. The molecule has 0 atom stereocenters. The molecule has 0 bridgehead atoms. The summed E-state index contributed by atoms with van der Waals surface area (Å²) in [6.45, 7) is 5.68. The Morgan fingerprint density at radius 2 is 1.95 bits per heavy atom. The smallest absolute Gasteiger partial charge is 0.325 e. The maximum absolute atomic E-state index is 13.5. The first-order valence-electron chi connectivity index (χ1n) is 6.71. The molecule has 1 aromatic rings. The van der Waals surface area contributed by atoms with Crippen molar-refractivity contribution >= 4 is 11.9 Å². The fourth-order valence-electron chi connectivity index (χ4n) is 1.57. The molecule has 5 nitrogen and oxygen atoms in total. The van der Waals surface area contributed by atoms with Crippen LogP contribution in [0.1, 0.15) is 26.3 Å². The van der Waals surface area contributed by atoms with Gasteiger partial charge < -0.3 is 15.4 Å². The molecule has 2 N–H and O–H groups in total. The zero-order valence-electron chi connectivity index (χ0n) is 12.9. The highest BCUT2D eigenvalue weighted by molar-refractivity contribution is 5.84. The third kappa shape index (κ3) is 6.74. The van der Waals surface area contributed by atoms with E-state index >= 15 is 0 Å². The number of halogens is 1. The molecule has 0 aromatic heterocycles. The highest BCUT2D eigenvalue weighted by Crippen LogP contribution is 2.06. The summed E-state index contributed by atoms with van der Waals surface area (Å²) in [4.78, 5) is 15.5. The van der Waals surface area contributed by atoms with Gasteiger partial charge in [-0.1, -0.05) is 18.2 Å². The fourth-order valence-corrected chi connectivity index (χ4v) is 1.57. The first-order valence-corrected chi connectivity index (χ1v) is 6.71. The molecule has 0 spiro atoms. The Kier molecular flexibility index (Phi) is 6.14. The van der Waals surface area contributed by atoms with Crippen molar-refractivity contribution in [2.75, 3.05) is 13.6 Å². The number of hydrogen-bond donors (Lipinski definition) is 2. The molecule has 0 amide bonds. The van der Waals surface area contributed by atoms with Gasteiger partial charge in [-0.3, -0.25) is 9.79 Å². The Bertz CT molecular complexity index is 510. The van der Waals surface area contributed by atoms with E-state index in [1.165, 1.54) is 6.07 Å². The third-order valence-electron chi connectivity index (χ3n) is 2.45. The molecule has 0 heterocycles. The van der Waals surface area contributed by atoms with Crippen LogP contribution < -0.4 is 10.6 Å². The van der Waals surface area contributed by atoms with Gasteiger partial charge in [0.1, 0.15) is 18.0 Å². The number of nitrogens with zero attached hydrogens (tertiary/aromatic N) is 1. The molecule has 1 rings (SSSR count). The van der Waals surface area contributed by atoms with Crippen LogP contribution >= 0.6 is 0 Å². The molecule has 0 fully saturated rings. The largest absolute Gasteiger partial charge is 0.459 e. The summed E-state index contributed by atoms with van der Waals surface area (Å²) in [5.74, 6) is -0.256. The van der Waals surface area contributed by atoms with Gasteiger partial charge in [0.2, 0.25) is 0 Å². The molecule has 6 heteroatoms. The van der Waals surface area contributed by atoms with Crippen molar-refractivity contribution in [1.82, 2.24) is 10.6 Å². The Labute approximate surface area is 124 Å². The molecule has 0 aliphatic heterocycles. The summed E-state index contributed by atoms with van der Waals surface area (Å²) in [5.41, 5.74) is 0.000744. The summed E-state index contributed by atoms with van der Waals surface area (Å²) in [5, 5.41) is 5.76. The lowest BCUT2D eigenvalue weighted by Gasteiger charge is -2.20. The fraction of sp³-hybridized carbons (Fsp3) is 0.467. The normalized spacial score (nSPS) is 12.0. The molecular formula is C15H22FN3O2. The van der Waals surface area contributed by atoms with E-state index in [0.29, 0.717) is 11.5 Å². The summed E-state index contributed by atoms with van der Waals surface area (Å²) in [6.07, 6.45) is 0. The Morgan fingerprint density at radius 3 is 2.52 bits per heavy atom. The maximum atomic E-state index is 13.5. The van der Waals surface area contributed by atoms with Crippen molar-refractivity contribution in [3.63, 3.8) is 0 Å². The second kappa shape index (κ2) is 7.61. The van der Waals surface area contributed by atoms with Gasteiger partial charge in [-0.05, 0) is 26.8 Å². The second-order valence-corrected chi connectivity index (χ2v) is 5.46. The van der Waals surface area contributed by atoms with E-state index in [4.69, 9.17) is 4.74 Å². The van der Waals surface area contributed by atoms with E-state index in [0.717, 1.165) is 0 Å². The van der Waals surface area contributed by atoms with Crippen LogP contribution in [0.5, 0.6) is 0 Å². The molecule has 21 heavy (non-hydrogen) atoms. The topological polar surface area (TPSA) is 62.7 Å². The Morgan fingerprint density at radius 1 is 1.29 bits per heavy atom. The van der Waals surface area contributed by atoms with Crippen molar-refractivity contribution in [1.29, 1.82) is 0 Å². The van der Waals surface area contributed by atoms with Crippen molar-refractivity contribution < 1.29 is 13.9 Å². The zero-order chi connectivity index (χ0) is 15.9. The lowest BCUT2D eigenvalue weighted by atomic mass is 10.2. The van der Waals surface area contributed by atoms with Crippen LogP contribution in [0.3, 0.4) is 0 Å². The predicted octanol–water partition coefficient (Wildman–Crippen LogP) is 1.83. The zero-order valence-corrected chi connectivity index (χ0v) is 12.9. The molecule has 0 saturated heterocycles. The molecular weight excluding hydrogens is 273 g/mol. The number of carbonyl (C=O) groups is 1. The Hall–Kier alpha value is -2.11. The van der Waals surface area contributed by atoms with Gasteiger partial charge in [0.25, 0.3) is 0 Å². The molecule has 0 saturated carbocycles. The van der Waals surface area contributed by atoms with Crippen LogP contribution in [0.25, 0.3) is 0 Å². The number of ether oxygens (including phenoxy) is 1. The average Bonchev–Trinajstić information content (AvgIpc) is 2.38. The third-order valence-corrected chi connectivity index (χ3v) is 2.45. The first-order chi connectivity index (χ1) is 9.81. The van der Waals surface area contributed by atoms with Gasteiger partial charge in [-0.2, -0.15) is 0 Å². The number of rotatable bonds is 4. The maximum Gasteiger partial charge on any atom is 0.325 e. The van der Waals surface area contributed by atoms with Crippen molar-refractivity contribution in [3.05, 3.63) is 35.6 Å². The first kappa shape index (κ1) is 16.9. The average molecular weight is 295 g/mol. The quantitative estimate of drug-likeness (QED) is 0.505. The summed E-state index contributed by atoms with van der Waals surface area (Å²) < 4.78 is 18.6. The number of hydrogen-bond acceptors (Lipinski definition) is 3. The molecule has 0 radical (unpaired) electrons. The number of esters is 1. The molecule has 1 aromatic carbocycles. The van der Waals surface area contributed by atoms with Crippen molar-refractivity contribution in [2.45, 2.75) is 32.9 Å². The predicted molar refractivity (Wildman–Crippen MR) is 80.4 cm³/mol. The number of carbonyl (C=O) groups excluding carboxylic acids is 1. The van der Waals surface area contributed by atoms with Gasteiger partial charge >= 0.3 is 5.97 Å².